The topological polar surface area (TPSA) is 100 Å². The van der Waals surface area contributed by atoms with Gasteiger partial charge in [0.1, 0.15) is 0 Å². The maximum atomic E-state index is 11.6. The van der Waals surface area contributed by atoms with E-state index in [0.29, 0.717) is 26.1 Å². The van der Waals surface area contributed by atoms with Crippen molar-refractivity contribution in [1.29, 1.82) is 0 Å². The number of aromatic carboxylic acids is 1. The molecule has 0 bridgehead atoms. The molecule has 0 aromatic carbocycles. The van der Waals surface area contributed by atoms with Crippen molar-refractivity contribution in [2.24, 2.45) is 0 Å². The van der Waals surface area contributed by atoms with Gasteiger partial charge in [-0.05, 0) is 0 Å². The Bertz CT molecular complexity index is 527. The number of terminal acetylenes is 1. The quantitative estimate of drug-likeness (QED) is 0.567. The number of urea groups is 1. The number of carbonyl (C=O) groups excluding carboxylic acids is 1. The lowest BCUT2D eigenvalue weighted by molar-refractivity contribution is 0.0690. The van der Waals surface area contributed by atoms with E-state index in [1.54, 1.807) is 4.90 Å². The molecule has 2 heterocycles. The van der Waals surface area contributed by atoms with Gasteiger partial charge in [0, 0.05) is 26.1 Å². The normalized spacial score (nSPS) is 14.6. The van der Waals surface area contributed by atoms with Gasteiger partial charge >= 0.3 is 12.0 Å². The van der Waals surface area contributed by atoms with Crippen LogP contribution in [0.1, 0.15) is 23.0 Å². The van der Waals surface area contributed by atoms with E-state index < -0.39 is 5.97 Å². The van der Waals surface area contributed by atoms with Crippen LogP contribution in [-0.4, -0.2) is 56.6 Å². The minimum atomic E-state index is -1.12. The predicted molar refractivity (Wildman–Crippen MR) is 64.4 cm³/mol. The van der Waals surface area contributed by atoms with Gasteiger partial charge in [-0.25, -0.2) is 14.3 Å². The van der Waals surface area contributed by atoms with Gasteiger partial charge in [-0.1, -0.05) is 5.21 Å². The molecule has 1 aliphatic heterocycles. The van der Waals surface area contributed by atoms with Gasteiger partial charge in [-0.15, -0.1) is 17.4 Å². The van der Waals surface area contributed by atoms with Gasteiger partial charge in [0.25, 0.3) is 0 Å². The number of likely N-dealkylation sites (tertiary alicyclic amines) is 1. The zero-order chi connectivity index (χ0) is 13.8. The van der Waals surface area contributed by atoms with Crippen molar-refractivity contribution in [3.05, 3.63) is 11.9 Å². The van der Waals surface area contributed by atoms with E-state index in [4.69, 9.17) is 11.5 Å². The van der Waals surface area contributed by atoms with Crippen LogP contribution in [0, 0.1) is 12.3 Å². The number of amides is 2. The second-order valence-electron chi connectivity index (χ2n) is 4.13. The van der Waals surface area contributed by atoms with Gasteiger partial charge in [-0.3, -0.25) is 0 Å². The van der Waals surface area contributed by atoms with Crippen LogP contribution in [0.4, 0.5) is 4.79 Å². The number of hydrogen-bond donors (Lipinski definition) is 2. The van der Waals surface area contributed by atoms with Gasteiger partial charge in [-0.2, -0.15) is 0 Å². The third-order valence-electron chi connectivity index (χ3n) is 2.80. The smallest absolute Gasteiger partial charge is 0.358 e. The van der Waals surface area contributed by atoms with Crippen molar-refractivity contribution < 1.29 is 14.7 Å². The van der Waals surface area contributed by atoms with Crippen LogP contribution in [0.2, 0.25) is 0 Å². The van der Waals surface area contributed by atoms with Gasteiger partial charge in [0.05, 0.1) is 12.2 Å². The predicted octanol–water partition coefficient (Wildman–Crippen LogP) is -0.434. The molecule has 1 aromatic rings. The molecule has 0 unspecified atom stereocenters. The highest BCUT2D eigenvalue weighted by molar-refractivity contribution is 5.84. The van der Waals surface area contributed by atoms with Crippen LogP contribution in [0.25, 0.3) is 0 Å². The Balaban J connectivity index is 1.80. The highest BCUT2D eigenvalue weighted by Gasteiger charge is 2.32. The Kier molecular flexibility index (Phi) is 3.66. The molecule has 1 fully saturated rings. The molecule has 8 heteroatoms. The summed E-state index contributed by atoms with van der Waals surface area (Å²) in [4.78, 5) is 23.9. The van der Waals surface area contributed by atoms with Crippen LogP contribution in [-0.2, 0) is 0 Å². The van der Waals surface area contributed by atoms with E-state index >= 15 is 0 Å². The van der Waals surface area contributed by atoms with E-state index in [1.807, 2.05) is 0 Å². The van der Waals surface area contributed by atoms with E-state index in [-0.39, 0.29) is 17.8 Å². The highest BCUT2D eigenvalue weighted by Crippen LogP contribution is 2.20. The molecule has 19 heavy (non-hydrogen) atoms. The molecule has 0 saturated carbocycles. The first-order valence-electron chi connectivity index (χ1n) is 5.73. The van der Waals surface area contributed by atoms with E-state index in [2.05, 4.69) is 21.5 Å². The molecular weight excluding hydrogens is 250 g/mol. The minimum absolute atomic E-state index is 0.0287. The molecule has 1 aliphatic rings. The average Bonchev–Trinajstić information content (AvgIpc) is 2.77. The number of carbonyl (C=O) groups is 2. The van der Waals surface area contributed by atoms with Crippen LogP contribution in [0.3, 0.4) is 0 Å². The molecule has 2 rings (SSSR count). The van der Waals surface area contributed by atoms with Crippen LogP contribution < -0.4 is 5.32 Å². The number of aromatic nitrogens is 3. The molecule has 0 atom stereocenters. The molecule has 0 radical (unpaired) electrons. The maximum Gasteiger partial charge on any atom is 0.358 e. The third-order valence-corrected chi connectivity index (χ3v) is 2.80. The van der Waals surface area contributed by atoms with Crippen molar-refractivity contribution >= 4 is 12.0 Å². The fourth-order valence-electron chi connectivity index (χ4n) is 1.70. The first kappa shape index (κ1) is 12.9. The number of nitrogens with zero attached hydrogens (tertiary/aromatic N) is 4. The lowest BCUT2D eigenvalue weighted by Gasteiger charge is -2.38. The standard InChI is InChI=1S/C11H13N5O3/c1-2-3-4-12-11(19)15-5-8(6-15)16-7-9(10(17)18)13-14-16/h1,7-8H,3-6H2,(H,12,19)(H,17,18). The average molecular weight is 263 g/mol. The summed E-state index contributed by atoms with van der Waals surface area (Å²) in [5.41, 5.74) is -0.100. The zero-order valence-corrected chi connectivity index (χ0v) is 10.1. The van der Waals surface area contributed by atoms with E-state index in [1.165, 1.54) is 10.9 Å². The SMILES string of the molecule is C#CCCNC(=O)N1CC(n2cc(C(=O)O)nn2)C1. The molecular formula is C11H13N5O3. The summed E-state index contributed by atoms with van der Waals surface area (Å²) >= 11 is 0. The first-order chi connectivity index (χ1) is 9.11. The fourth-order valence-corrected chi connectivity index (χ4v) is 1.70. The highest BCUT2D eigenvalue weighted by atomic mass is 16.4. The third kappa shape index (κ3) is 2.82. The number of carboxylic acid groups (broad SMARTS) is 1. The second kappa shape index (κ2) is 5.39. The number of rotatable bonds is 4. The Morgan fingerprint density at radius 2 is 2.32 bits per heavy atom. The Morgan fingerprint density at radius 1 is 1.58 bits per heavy atom. The minimum Gasteiger partial charge on any atom is -0.476 e. The molecule has 0 aliphatic carbocycles. The summed E-state index contributed by atoms with van der Waals surface area (Å²) in [6.07, 6.45) is 6.94. The largest absolute Gasteiger partial charge is 0.476 e. The Hall–Kier alpha value is -2.56. The number of hydrogen-bond acceptors (Lipinski definition) is 4. The van der Waals surface area contributed by atoms with Crippen molar-refractivity contribution in [3.63, 3.8) is 0 Å². The lowest BCUT2D eigenvalue weighted by atomic mass is 10.1. The van der Waals surface area contributed by atoms with E-state index in [9.17, 15) is 9.59 Å². The van der Waals surface area contributed by atoms with Crippen molar-refractivity contribution in [2.45, 2.75) is 12.5 Å². The molecule has 100 valence electrons. The molecule has 2 N–H and O–H groups in total. The zero-order valence-electron chi connectivity index (χ0n) is 10.1. The molecule has 2 amide bonds. The van der Waals surface area contributed by atoms with Crippen LogP contribution in [0.5, 0.6) is 0 Å². The summed E-state index contributed by atoms with van der Waals surface area (Å²) in [5.74, 6) is 1.32. The van der Waals surface area contributed by atoms with Gasteiger partial charge in [0.15, 0.2) is 5.69 Å². The van der Waals surface area contributed by atoms with Crippen LogP contribution >= 0.6 is 0 Å². The fraction of sp³-hybridized carbons (Fsp3) is 0.455. The van der Waals surface area contributed by atoms with Crippen molar-refractivity contribution in [2.75, 3.05) is 19.6 Å². The van der Waals surface area contributed by atoms with Crippen molar-refractivity contribution in [3.8, 4) is 12.3 Å². The second-order valence-corrected chi connectivity index (χ2v) is 4.13. The molecule has 0 spiro atoms. The van der Waals surface area contributed by atoms with Gasteiger partial charge < -0.3 is 15.3 Å². The molecule has 1 saturated heterocycles. The molecule has 1 aromatic heterocycles. The summed E-state index contributed by atoms with van der Waals surface area (Å²) in [5, 5.41) is 18.7. The van der Waals surface area contributed by atoms with Crippen molar-refractivity contribution in [1.82, 2.24) is 25.2 Å². The summed E-state index contributed by atoms with van der Waals surface area (Å²) in [6.45, 7) is 1.40. The van der Waals surface area contributed by atoms with Gasteiger partial charge in [0.2, 0.25) is 0 Å². The summed E-state index contributed by atoms with van der Waals surface area (Å²) in [6, 6.07) is -0.205. The summed E-state index contributed by atoms with van der Waals surface area (Å²) < 4.78 is 1.47. The lowest BCUT2D eigenvalue weighted by Crippen LogP contribution is -2.54. The summed E-state index contributed by atoms with van der Waals surface area (Å²) in [7, 11) is 0. The van der Waals surface area contributed by atoms with Crippen LogP contribution in [0.15, 0.2) is 6.20 Å². The number of nitrogens with one attached hydrogen (secondary N) is 1. The van der Waals surface area contributed by atoms with E-state index in [0.717, 1.165) is 0 Å². The molecule has 8 nitrogen and oxygen atoms in total. The Morgan fingerprint density at radius 3 is 2.89 bits per heavy atom. The number of carboxylic acids is 1. The first-order valence-corrected chi connectivity index (χ1v) is 5.73. The Labute approximate surface area is 109 Å². The maximum absolute atomic E-state index is 11.6. The monoisotopic (exact) mass is 263 g/mol.